The number of nitrogens with one attached hydrogen (secondary N) is 1. The number of alkyl halides is 2. The lowest BCUT2D eigenvalue weighted by molar-refractivity contribution is -0.0210. The van der Waals surface area contributed by atoms with E-state index in [0.29, 0.717) is 24.8 Å². The molecule has 3 heteroatoms. The average Bonchev–Trinajstić information content (AvgIpc) is 2.61. The molecule has 0 spiro atoms. The molecule has 0 aromatic heterocycles. The van der Waals surface area contributed by atoms with Gasteiger partial charge in [0.2, 0.25) is 0 Å². The average molecular weight is 203 g/mol. The Balaban J connectivity index is 1.85. The SMILES string of the molecule is CC1CCC(NC2CCCC2(F)F)C1. The molecule has 1 nitrogen and oxygen atoms in total. The summed E-state index contributed by atoms with van der Waals surface area (Å²) in [5.41, 5.74) is 0. The molecule has 2 fully saturated rings. The third-order valence-electron chi connectivity index (χ3n) is 3.64. The van der Waals surface area contributed by atoms with Crippen molar-refractivity contribution >= 4 is 0 Å². The van der Waals surface area contributed by atoms with Crippen LogP contribution in [-0.4, -0.2) is 18.0 Å². The fourth-order valence-corrected chi connectivity index (χ4v) is 2.78. The molecule has 0 aliphatic heterocycles. The lowest BCUT2D eigenvalue weighted by atomic mass is 10.1. The highest BCUT2D eigenvalue weighted by Gasteiger charge is 2.44. The summed E-state index contributed by atoms with van der Waals surface area (Å²) >= 11 is 0. The Hall–Kier alpha value is -0.180. The number of rotatable bonds is 2. The van der Waals surface area contributed by atoms with Crippen LogP contribution in [0.4, 0.5) is 8.78 Å². The first kappa shape index (κ1) is 10.3. The highest BCUT2D eigenvalue weighted by molar-refractivity contribution is 4.93. The Morgan fingerprint density at radius 1 is 1.21 bits per heavy atom. The lowest BCUT2D eigenvalue weighted by Crippen LogP contribution is -2.45. The van der Waals surface area contributed by atoms with Gasteiger partial charge in [-0.25, -0.2) is 8.78 Å². The maximum atomic E-state index is 13.3. The van der Waals surface area contributed by atoms with Gasteiger partial charge in [0.05, 0.1) is 6.04 Å². The minimum Gasteiger partial charge on any atom is -0.306 e. The molecule has 2 aliphatic carbocycles. The third kappa shape index (κ3) is 2.08. The summed E-state index contributed by atoms with van der Waals surface area (Å²) in [6.07, 6.45) is 4.74. The van der Waals surface area contributed by atoms with Crippen molar-refractivity contribution in [2.24, 2.45) is 5.92 Å². The van der Waals surface area contributed by atoms with Crippen LogP contribution in [0.3, 0.4) is 0 Å². The van der Waals surface area contributed by atoms with E-state index in [4.69, 9.17) is 0 Å². The van der Waals surface area contributed by atoms with Crippen LogP contribution in [0.25, 0.3) is 0 Å². The van der Waals surface area contributed by atoms with Gasteiger partial charge in [0.1, 0.15) is 0 Å². The molecular formula is C11H19F2N. The highest BCUT2D eigenvalue weighted by atomic mass is 19.3. The van der Waals surface area contributed by atoms with Crippen LogP contribution >= 0.6 is 0 Å². The van der Waals surface area contributed by atoms with Crippen molar-refractivity contribution in [2.45, 2.75) is 63.5 Å². The summed E-state index contributed by atoms with van der Waals surface area (Å²) in [5, 5.41) is 3.15. The molecule has 14 heavy (non-hydrogen) atoms. The fourth-order valence-electron chi connectivity index (χ4n) is 2.78. The van der Waals surface area contributed by atoms with Gasteiger partial charge in [0.15, 0.2) is 0 Å². The largest absolute Gasteiger partial charge is 0.306 e. The van der Waals surface area contributed by atoms with Gasteiger partial charge in [-0.3, -0.25) is 0 Å². The molecule has 3 unspecified atom stereocenters. The molecule has 1 N–H and O–H groups in total. The molecule has 0 radical (unpaired) electrons. The van der Waals surface area contributed by atoms with Gasteiger partial charge in [-0.1, -0.05) is 6.92 Å². The standard InChI is InChI=1S/C11H19F2N/c1-8-4-5-9(7-8)14-10-3-2-6-11(10,12)13/h8-10,14H,2-7H2,1H3. The Morgan fingerprint density at radius 2 is 2.00 bits per heavy atom. The Labute approximate surface area is 84.3 Å². The van der Waals surface area contributed by atoms with Gasteiger partial charge in [-0.2, -0.15) is 0 Å². The monoisotopic (exact) mass is 203 g/mol. The van der Waals surface area contributed by atoms with Crippen molar-refractivity contribution in [3.8, 4) is 0 Å². The smallest absolute Gasteiger partial charge is 0.263 e. The summed E-state index contributed by atoms with van der Waals surface area (Å²) in [5.74, 6) is -1.74. The summed E-state index contributed by atoms with van der Waals surface area (Å²) in [6, 6.07) is -0.197. The van der Waals surface area contributed by atoms with Gasteiger partial charge < -0.3 is 5.32 Å². The first-order valence-electron chi connectivity index (χ1n) is 5.72. The zero-order valence-electron chi connectivity index (χ0n) is 8.73. The van der Waals surface area contributed by atoms with Crippen molar-refractivity contribution in [3.63, 3.8) is 0 Å². The van der Waals surface area contributed by atoms with E-state index < -0.39 is 12.0 Å². The Kier molecular flexibility index (Phi) is 2.78. The Morgan fingerprint density at radius 3 is 2.50 bits per heavy atom. The molecular weight excluding hydrogens is 184 g/mol. The van der Waals surface area contributed by atoms with Crippen LogP contribution in [0.15, 0.2) is 0 Å². The Bertz CT molecular complexity index is 205. The lowest BCUT2D eigenvalue weighted by Gasteiger charge is -2.24. The second-order valence-corrected chi connectivity index (χ2v) is 4.99. The van der Waals surface area contributed by atoms with Crippen LogP contribution in [0, 0.1) is 5.92 Å². The van der Waals surface area contributed by atoms with Gasteiger partial charge in [0.25, 0.3) is 5.92 Å². The second-order valence-electron chi connectivity index (χ2n) is 4.99. The van der Waals surface area contributed by atoms with Crippen molar-refractivity contribution in [2.75, 3.05) is 0 Å². The summed E-state index contributed by atoms with van der Waals surface area (Å²) in [7, 11) is 0. The zero-order chi connectivity index (χ0) is 10.2. The van der Waals surface area contributed by atoms with Crippen LogP contribution in [0.1, 0.15) is 45.4 Å². The van der Waals surface area contributed by atoms with E-state index >= 15 is 0 Å². The van der Waals surface area contributed by atoms with Gasteiger partial charge in [-0.05, 0) is 38.0 Å². The molecule has 2 rings (SSSR count). The topological polar surface area (TPSA) is 12.0 Å². The third-order valence-corrected chi connectivity index (χ3v) is 3.64. The summed E-state index contributed by atoms with van der Waals surface area (Å²) in [4.78, 5) is 0. The van der Waals surface area contributed by atoms with E-state index in [0.717, 1.165) is 12.8 Å². The van der Waals surface area contributed by atoms with Gasteiger partial charge in [-0.15, -0.1) is 0 Å². The molecule has 0 amide bonds. The van der Waals surface area contributed by atoms with E-state index in [2.05, 4.69) is 12.2 Å². The molecule has 0 bridgehead atoms. The quantitative estimate of drug-likeness (QED) is 0.727. The maximum absolute atomic E-state index is 13.3. The van der Waals surface area contributed by atoms with Crippen LogP contribution in [0.5, 0.6) is 0 Å². The van der Waals surface area contributed by atoms with Gasteiger partial charge in [0, 0.05) is 12.5 Å². The molecule has 0 saturated heterocycles. The van der Waals surface area contributed by atoms with Crippen molar-refractivity contribution in [3.05, 3.63) is 0 Å². The molecule has 0 heterocycles. The molecule has 3 atom stereocenters. The number of hydrogen-bond donors (Lipinski definition) is 1. The molecule has 2 saturated carbocycles. The highest BCUT2D eigenvalue weighted by Crippen LogP contribution is 2.36. The van der Waals surface area contributed by atoms with E-state index in [1.807, 2.05) is 0 Å². The van der Waals surface area contributed by atoms with E-state index in [-0.39, 0.29) is 6.42 Å². The number of hydrogen-bond acceptors (Lipinski definition) is 1. The van der Waals surface area contributed by atoms with Crippen LogP contribution in [-0.2, 0) is 0 Å². The molecule has 0 aromatic rings. The minimum atomic E-state index is -2.45. The predicted molar refractivity (Wildman–Crippen MR) is 52.5 cm³/mol. The van der Waals surface area contributed by atoms with E-state index in [1.54, 1.807) is 0 Å². The predicted octanol–water partition coefficient (Wildman–Crippen LogP) is 2.95. The maximum Gasteiger partial charge on any atom is 0.263 e. The second kappa shape index (κ2) is 3.76. The normalized spacial score (nSPS) is 41.8. The minimum absolute atomic E-state index is 0.0763. The fraction of sp³-hybridized carbons (Fsp3) is 1.00. The summed E-state index contributed by atoms with van der Waals surface area (Å²) < 4.78 is 26.6. The number of halogens is 2. The molecule has 0 aromatic carbocycles. The van der Waals surface area contributed by atoms with Gasteiger partial charge >= 0.3 is 0 Å². The zero-order valence-corrected chi connectivity index (χ0v) is 8.73. The van der Waals surface area contributed by atoms with Crippen molar-refractivity contribution < 1.29 is 8.78 Å². The van der Waals surface area contributed by atoms with E-state index in [9.17, 15) is 8.78 Å². The summed E-state index contributed by atoms with van der Waals surface area (Å²) in [6.45, 7) is 2.20. The molecule has 2 aliphatic rings. The van der Waals surface area contributed by atoms with Crippen molar-refractivity contribution in [1.29, 1.82) is 0 Å². The van der Waals surface area contributed by atoms with Crippen LogP contribution in [0.2, 0.25) is 0 Å². The first-order chi connectivity index (χ1) is 6.58. The van der Waals surface area contributed by atoms with Crippen LogP contribution < -0.4 is 5.32 Å². The van der Waals surface area contributed by atoms with E-state index in [1.165, 1.54) is 6.42 Å². The first-order valence-corrected chi connectivity index (χ1v) is 5.72. The molecule has 82 valence electrons. The van der Waals surface area contributed by atoms with Crippen molar-refractivity contribution in [1.82, 2.24) is 5.32 Å².